The summed E-state index contributed by atoms with van der Waals surface area (Å²) >= 11 is 6.20. The molecule has 0 saturated carbocycles. The highest BCUT2D eigenvalue weighted by molar-refractivity contribution is 6.31. The number of pyridine rings is 1. The van der Waals surface area contributed by atoms with Crippen molar-refractivity contribution in [1.29, 1.82) is 0 Å². The van der Waals surface area contributed by atoms with E-state index >= 15 is 0 Å². The van der Waals surface area contributed by atoms with Gasteiger partial charge in [-0.1, -0.05) is 53.8 Å². The maximum Gasteiger partial charge on any atom is 0.214 e. The molecule has 0 amide bonds. The minimum absolute atomic E-state index is 0.296. The molecular weight excluding hydrogens is 354 g/mol. The van der Waals surface area contributed by atoms with Gasteiger partial charge in [-0.25, -0.2) is 4.98 Å². The van der Waals surface area contributed by atoms with Gasteiger partial charge in [0.15, 0.2) is 0 Å². The molecule has 0 aliphatic heterocycles. The second-order valence-electron chi connectivity index (χ2n) is 7.34. The number of hydrogen-bond acceptors (Lipinski definition) is 2. The van der Waals surface area contributed by atoms with Crippen molar-refractivity contribution in [3.8, 4) is 29.0 Å². The van der Waals surface area contributed by atoms with Gasteiger partial charge in [0.05, 0.1) is 5.69 Å². The van der Waals surface area contributed by atoms with E-state index < -0.39 is 0 Å². The number of ether oxygens (including phenoxy) is 1. The maximum absolute atomic E-state index is 6.20. The van der Waals surface area contributed by atoms with Crippen LogP contribution < -0.4 is 4.74 Å². The van der Waals surface area contributed by atoms with E-state index in [1.165, 1.54) is 0 Å². The van der Waals surface area contributed by atoms with Crippen LogP contribution in [-0.2, 0) is 0 Å². The number of hydrogen-bond donors (Lipinski definition) is 0. The van der Waals surface area contributed by atoms with Crippen LogP contribution in [0.2, 0.25) is 5.02 Å². The summed E-state index contributed by atoms with van der Waals surface area (Å²) in [6, 6.07) is 19.6. The fraction of sp³-hybridized carbons (Fsp3) is 0.208. The summed E-state index contributed by atoms with van der Waals surface area (Å²) in [6.07, 6.45) is 0. The maximum atomic E-state index is 6.20. The SMILES string of the molecule is Cc1ccc(C#Cc2ccccc2-c2cccc(OC(C)(C)C)n2)cc1Cl. The molecule has 0 bridgehead atoms. The van der Waals surface area contributed by atoms with E-state index in [-0.39, 0.29) is 5.60 Å². The minimum Gasteiger partial charge on any atom is -0.472 e. The van der Waals surface area contributed by atoms with Gasteiger partial charge >= 0.3 is 0 Å². The Kier molecular flexibility index (Phi) is 5.54. The quantitative estimate of drug-likeness (QED) is 0.491. The zero-order chi connectivity index (χ0) is 19.4. The highest BCUT2D eigenvalue weighted by Gasteiger charge is 2.13. The summed E-state index contributed by atoms with van der Waals surface area (Å²) in [5.74, 6) is 7.06. The van der Waals surface area contributed by atoms with E-state index in [4.69, 9.17) is 16.3 Å². The van der Waals surface area contributed by atoms with Gasteiger partial charge in [0.25, 0.3) is 0 Å². The van der Waals surface area contributed by atoms with Crippen molar-refractivity contribution in [3.05, 3.63) is 82.4 Å². The molecule has 1 heterocycles. The molecule has 0 N–H and O–H groups in total. The van der Waals surface area contributed by atoms with Gasteiger partial charge in [0, 0.05) is 27.8 Å². The van der Waals surface area contributed by atoms with Crippen molar-refractivity contribution in [1.82, 2.24) is 4.98 Å². The first kappa shape index (κ1) is 19.0. The van der Waals surface area contributed by atoms with Crippen LogP contribution in [0.4, 0.5) is 0 Å². The molecule has 0 atom stereocenters. The lowest BCUT2D eigenvalue weighted by atomic mass is 10.0. The monoisotopic (exact) mass is 375 g/mol. The van der Waals surface area contributed by atoms with Crippen molar-refractivity contribution in [2.75, 3.05) is 0 Å². The normalized spacial score (nSPS) is 10.9. The van der Waals surface area contributed by atoms with Crippen LogP contribution in [0.5, 0.6) is 5.88 Å². The molecule has 2 nitrogen and oxygen atoms in total. The first-order chi connectivity index (χ1) is 12.8. The number of halogens is 1. The van der Waals surface area contributed by atoms with Crippen LogP contribution in [0.15, 0.2) is 60.7 Å². The molecule has 0 radical (unpaired) electrons. The Morgan fingerprint density at radius 1 is 0.926 bits per heavy atom. The van der Waals surface area contributed by atoms with Crippen LogP contribution in [0.1, 0.15) is 37.5 Å². The van der Waals surface area contributed by atoms with Crippen LogP contribution in [-0.4, -0.2) is 10.6 Å². The number of rotatable bonds is 2. The van der Waals surface area contributed by atoms with Crippen molar-refractivity contribution in [2.24, 2.45) is 0 Å². The van der Waals surface area contributed by atoms with Gasteiger partial charge < -0.3 is 4.74 Å². The summed E-state index contributed by atoms with van der Waals surface area (Å²) in [4.78, 5) is 4.66. The Hall–Kier alpha value is -2.76. The molecular formula is C24H22ClNO. The molecule has 0 unspecified atom stereocenters. The van der Waals surface area contributed by atoms with Crippen molar-refractivity contribution in [2.45, 2.75) is 33.3 Å². The molecule has 0 fully saturated rings. The van der Waals surface area contributed by atoms with E-state index in [0.717, 1.165) is 33.0 Å². The Labute approximate surface area is 166 Å². The zero-order valence-electron chi connectivity index (χ0n) is 16.0. The Balaban J connectivity index is 1.97. The Bertz CT molecular complexity index is 1020. The Morgan fingerprint density at radius 2 is 1.70 bits per heavy atom. The molecule has 3 aromatic rings. The summed E-state index contributed by atoms with van der Waals surface area (Å²) in [7, 11) is 0. The van der Waals surface area contributed by atoms with E-state index in [2.05, 4.69) is 16.8 Å². The number of benzene rings is 2. The lowest BCUT2D eigenvalue weighted by molar-refractivity contribution is 0.124. The number of aromatic nitrogens is 1. The van der Waals surface area contributed by atoms with Crippen LogP contribution in [0.3, 0.4) is 0 Å². The standard InChI is InChI=1S/C24H22ClNO/c1-17-12-13-18(16-21(17)25)14-15-19-8-5-6-9-20(19)22-10-7-11-23(26-22)27-24(2,3)4/h5-13,16H,1-4H3. The average molecular weight is 376 g/mol. The molecule has 3 rings (SSSR count). The second kappa shape index (κ2) is 7.86. The van der Waals surface area contributed by atoms with E-state index in [0.29, 0.717) is 5.88 Å². The highest BCUT2D eigenvalue weighted by atomic mass is 35.5. The third-order valence-corrected chi connectivity index (χ3v) is 4.26. The first-order valence-corrected chi connectivity index (χ1v) is 9.23. The zero-order valence-corrected chi connectivity index (χ0v) is 16.8. The number of nitrogens with zero attached hydrogens (tertiary/aromatic N) is 1. The van der Waals surface area contributed by atoms with E-state index in [1.807, 2.05) is 88.4 Å². The van der Waals surface area contributed by atoms with Crippen molar-refractivity contribution in [3.63, 3.8) is 0 Å². The molecule has 27 heavy (non-hydrogen) atoms. The van der Waals surface area contributed by atoms with Crippen LogP contribution in [0.25, 0.3) is 11.3 Å². The predicted molar refractivity (Wildman–Crippen MR) is 112 cm³/mol. The molecule has 0 aliphatic carbocycles. The summed E-state index contributed by atoms with van der Waals surface area (Å²) in [5, 5.41) is 0.726. The molecule has 2 aromatic carbocycles. The lowest BCUT2D eigenvalue weighted by Gasteiger charge is -2.20. The van der Waals surface area contributed by atoms with Gasteiger partial charge in [-0.3, -0.25) is 0 Å². The third kappa shape index (κ3) is 5.12. The summed E-state index contributed by atoms with van der Waals surface area (Å²) < 4.78 is 5.90. The fourth-order valence-electron chi connectivity index (χ4n) is 2.56. The van der Waals surface area contributed by atoms with E-state index in [9.17, 15) is 0 Å². The van der Waals surface area contributed by atoms with Gasteiger partial charge in [-0.2, -0.15) is 0 Å². The van der Waals surface area contributed by atoms with Crippen LogP contribution in [0, 0.1) is 18.8 Å². The largest absolute Gasteiger partial charge is 0.472 e. The first-order valence-electron chi connectivity index (χ1n) is 8.85. The molecule has 3 heteroatoms. The number of aryl methyl sites for hydroxylation is 1. The van der Waals surface area contributed by atoms with Gasteiger partial charge in [-0.05, 0) is 57.5 Å². The topological polar surface area (TPSA) is 22.1 Å². The second-order valence-corrected chi connectivity index (χ2v) is 7.74. The fourth-order valence-corrected chi connectivity index (χ4v) is 2.74. The Morgan fingerprint density at radius 3 is 2.44 bits per heavy atom. The summed E-state index contributed by atoms with van der Waals surface area (Å²) in [5.41, 5.74) is 4.36. The summed E-state index contributed by atoms with van der Waals surface area (Å²) in [6.45, 7) is 8.00. The predicted octanol–water partition coefficient (Wildman–Crippen LogP) is 6.29. The molecule has 0 saturated heterocycles. The van der Waals surface area contributed by atoms with E-state index in [1.54, 1.807) is 0 Å². The molecule has 1 aromatic heterocycles. The molecule has 0 spiro atoms. The average Bonchev–Trinajstić information content (AvgIpc) is 2.62. The van der Waals surface area contributed by atoms with Crippen molar-refractivity contribution >= 4 is 11.6 Å². The third-order valence-electron chi connectivity index (χ3n) is 3.85. The van der Waals surface area contributed by atoms with Crippen LogP contribution >= 0.6 is 11.6 Å². The van der Waals surface area contributed by atoms with Gasteiger partial charge in [0.2, 0.25) is 5.88 Å². The lowest BCUT2D eigenvalue weighted by Crippen LogP contribution is -2.23. The molecule has 0 aliphatic rings. The minimum atomic E-state index is -0.296. The van der Waals surface area contributed by atoms with Crippen molar-refractivity contribution < 1.29 is 4.74 Å². The van der Waals surface area contributed by atoms with Gasteiger partial charge in [-0.15, -0.1) is 0 Å². The molecule has 136 valence electrons. The van der Waals surface area contributed by atoms with Gasteiger partial charge in [0.1, 0.15) is 5.60 Å². The highest BCUT2D eigenvalue weighted by Crippen LogP contribution is 2.25. The smallest absolute Gasteiger partial charge is 0.214 e.